The van der Waals surface area contributed by atoms with Crippen molar-refractivity contribution >= 4 is 27.4 Å². The van der Waals surface area contributed by atoms with Crippen molar-refractivity contribution in [2.24, 2.45) is 7.05 Å². The van der Waals surface area contributed by atoms with Crippen molar-refractivity contribution in [3.8, 4) is 33.9 Å². The summed E-state index contributed by atoms with van der Waals surface area (Å²) >= 11 is 6.35. The first-order valence-corrected chi connectivity index (χ1v) is 13.1. The van der Waals surface area contributed by atoms with Crippen LogP contribution < -0.4 is 9.46 Å². The molecule has 0 aliphatic heterocycles. The van der Waals surface area contributed by atoms with Crippen molar-refractivity contribution in [1.82, 2.24) is 14.8 Å². The maximum Gasteiger partial charge on any atom is 0.266 e. The summed E-state index contributed by atoms with van der Waals surface area (Å²) in [4.78, 5) is 2.92. The van der Waals surface area contributed by atoms with E-state index in [1.807, 2.05) is 48.5 Å². The third-order valence-electron chi connectivity index (χ3n) is 5.65. The van der Waals surface area contributed by atoms with Gasteiger partial charge in [-0.2, -0.15) is 5.10 Å². The molecule has 0 atom stereocenters. The number of hydrogen-bond donors (Lipinski definition) is 1. The molecule has 0 radical (unpaired) electrons. The maximum absolute atomic E-state index is 15.1. The molecule has 0 spiro atoms. The fourth-order valence-electron chi connectivity index (χ4n) is 3.81. The van der Waals surface area contributed by atoms with Crippen molar-refractivity contribution < 1.29 is 21.9 Å². The third-order valence-corrected chi connectivity index (χ3v) is 7.31. The maximum atomic E-state index is 15.1. The molecule has 0 aliphatic carbocycles. The van der Waals surface area contributed by atoms with Crippen LogP contribution in [0.2, 0.25) is 5.02 Å². The van der Waals surface area contributed by atoms with Crippen molar-refractivity contribution in [1.29, 1.82) is 0 Å². The lowest BCUT2D eigenvalue weighted by Crippen LogP contribution is -2.15. The first-order valence-electron chi connectivity index (χ1n) is 11.2. The van der Waals surface area contributed by atoms with Crippen molar-refractivity contribution in [3.63, 3.8) is 0 Å². The average Bonchev–Trinajstić information content (AvgIpc) is 3.33. The van der Waals surface area contributed by atoms with E-state index in [1.165, 1.54) is 0 Å². The number of anilines is 1. The van der Waals surface area contributed by atoms with Gasteiger partial charge in [0.15, 0.2) is 0 Å². The number of pyridine rings is 1. The van der Waals surface area contributed by atoms with Crippen LogP contribution in [0.15, 0.2) is 96.2 Å². The lowest BCUT2D eigenvalue weighted by atomic mass is 10.0. The van der Waals surface area contributed by atoms with Gasteiger partial charge in [0.05, 0.1) is 16.9 Å². The van der Waals surface area contributed by atoms with E-state index in [1.54, 1.807) is 24.0 Å². The number of aromatic nitrogens is 3. The fourth-order valence-corrected chi connectivity index (χ4v) is 5.17. The Kier molecular flexibility index (Phi) is 6.83. The van der Waals surface area contributed by atoms with Crippen LogP contribution in [0.4, 0.5) is 14.6 Å². The molecule has 0 fully saturated rings. The molecule has 0 saturated carbocycles. The monoisotopic (exact) mass is 552 g/mol. The number of nitrogens with zero attached hydrogens (tertiary/aromatic N) is 3. The molecule has 3 aromatic carbocycles. The summed E-state index contributed by atoms with van der Waals surface area (Å²) in [6.07, 6.45) is 2.48. The first-order chi connectivity index (χ1) is 18.2. The van der Waals surface area contributed by atoms with Gasteiger partial charge in [0.1, 0.15) is 33.8 Å². The molecular weight excluding hydrogens is 534 g/mol. The molecule has 1 N–H and O–H groups in total. The lowest BCUT2D eigenvalue weighted by molar-refractivity contribution is 0.475. The second-order valence-corrected chi connectivity index (χ2v) is 10.3. The van der Waals surface area contributed by atoms with Gasteiger partial charge in [0.25, 0.3) is 10.0 Å². The van der Waals surface area contributed by atoms with Gasteiger partial charge < -0.3 is 4.74 Å². The molecule has 0 bridgehead atoms. The predicted molar refractivity (Wildman–Crippen MR) is 141 cm³/mol. The highest BCUT2D eigenvalue weighted by molar-refractivity contribution is 7.92. The van der Waals surface area contributed by atoms with E-state index < -0.39 is 26.6 Å². The Balaban J connectivity index is 1.50. The highest BCUT2D eigenvalue weighted by Gasteiger charge is 2.23. The topological polar surface area (TPSA) is 86.1 Å². The van der Waals surface area contributed by atoms with Crippen LogP contribution in [-0.4, -0.2) is 23.2 Å². The van der Waals surface area contributed by atoms with Gasteiger partial charge >= 0.3 is 0 Å². The van der Waals surface area contributed by atoms with Crippen LogP contribution in [0.3, 0.4) is 0 Å². The zero-order valence-electron chi connectivity index (χ0n) is 19.8. The number of hydrogen-bond acceptors (Lipinski definition) is 5. The summed E-state index contributed by atoms with van der Waals surface area (Å²) in [6.45, 7) is 0. The number of ether oxygens (including phenoxy) is 1. The number of sulfonamides is 1. The zero-order valence-corrected chi connectivity index (χ0v) is 21.3. The molecule has 5 rings (SSSR count). The molecule has 0 unspecified atom stereocenters. The van der Waals surface area contributed by atoms with Crippen molar-refractivity contribution in [3.05, 3.63) is 108 Å². The first kappa shape index (κ1) is 25.4. The van der Waals surface area contributed by atoms with E-state index in [2.05, 4.69) is 14.8 Å². The highest BCUT2D eigenvalue weighted by atomic mass is 35.5. The molecule has 2 heterocycles. The standard InChI is InChI=1S/C27H19ClF2N4O3S/c1-34-23(11-12-32-34)20-13-18(17-5-3-2-4-6-17)7-9-24(20)37-25-15-22(30)26(14-21(25)28)38(35,36)33-27-10-8-19(29)16-31-27/h2-16H,1H3,(H,31,33). The van der Waals surface area contributed by atoms with Crippen LogP contribution in [0.5, 0.6) is 11.5 Å². The quantitative estimate of drug-likeness (QED) is 0.243. The van der Waals surface area contributed by atoms with E-state index in [9.17, 15) is 12.8 Å². The molecule has 11 heteroatoms. The third kappa shape index (κ3) is 5.22. The summed E-state index contributed by atoms with van der Waals surface area (Å²) < 4.78 is 63.4. The van der Waals surface area contributed by atoms with Crippen LogP contribution in [0.25, 0.3) is 22.4 Å². The van der Waals surface area contributed by atoms with Gasteiger partial charge in [0.2, 0.25) is 0 Å². The molecule has 0 saturated heterocycles. The normalized spacial score (nSPS) is 11.4. The predicted octanol–water partition coefficient (Wildman–Crippen LogP) is 6.67. The summed E-state index contributed by atoms with van der Waals surface area (Å²) in [5.41, 5.74) is 3.32. The second-order valence-electron chi connectivity index (χ2n) is 8.20. The SMILES string of the molecule is Cn1nccc1-c1cc(-c2ccccc2)ccc1Oc1cc(F)c(S(=O)(=O)Nc2ccc(F)cn2)cc1Cl. The van der Waals surface area contributed by atoms with Gasteiger partial charge in [-0.1, -0.05) is 48.0 Å². The molecule has 7 nitrogen and oxygen atoms in total. The molecule has 0 amide bonds. The number of halogens is 3. The Morgan fingerprint density at radius 1 is 0.921 bits per heavy atom. The Labute approximate surface area is 222 Å². The molecule has 2 aromatic heterocycles. The van der Waals surface area contributed by atoms with Crippen molar-refractivity contribution in [2.75, 3.05) is 4.72 Å². The molecular formula is C27H19ClF2N4O3S. The molecule has 192 valence electrons. The van der Waals surface area contributed by atoms with Gasteiger partial charge in [0, 0.05) is 24.9 Å². The van der Waals surface area contributed by atoms with E-state index in [-0.39, 0.29) is 16.6 Å². The zero-order chi connectivity index (χ0) is 26.9. The molecule has 5 aromatic rings. The van der Waals surface area contributed by atoms with E-state index in [4.69, 9.17) is 16.3 Å². The minimum Gasteiger partial charge on any atom is -0.455 e. The van der Waals surface area contributed by atoms with Gasteiger partial charge in [-0.15, -0.1) is 0 Å². The van der Waals surface area contributed by atoms with Gasteiger partial charge in [-0.05, 0) is 47.5 Å². The van der Waals surface area contributed by atoms with E-state index in [0.717, 1.165) is 47.3 Å². The molecule has 38 heavy (non-hydrogen) atoms. The van der Waals surface area contributed by atoms with Crippen LogP contribution in [0.1, 0.15) is 0 Å². The second kappa shape index (κ2) is 10.2. The lowest BCUT2D eigenvalue weighted by Gasteiger charge is -2.16. The Morgan fingerprint density at radius 2 is 1.71 bits per heavy atom. The largest absolute Gasteiger partial charge is 0.455 e. The minimum atomic E-state index is -4.42. The van der Waals surface area contributed by atoms with E-state index in [0.29, 0.717) is 11.3 Å². The fraction of sp³-hybridized carbons (Fsp3) is 0.0370. The summed E-state index contributed by atoms with van der Waals surface area (Å²) in [7, 11) is -2.63. The number of aryl methyl sites for hydroxylation is 1. The highest BCUT2D eigenvalue weighted by Crippen LogP contribution is 2.40. The van der Waals surface area contributed by atoms with Crippen molar-refractivity contribution in [2.45, 2.75) is 4.90 Å². The smallest absolute Gasteiger partial charge is 0.266 e. The number of benzene rings is 3. The Morgan fingerprint density at radius 3 is 2.39 bits per heavy atom. The van der Waals surface area contributed by atoms with Gasteiger partial charge in [-0.3, -0.25) is 9.40 Å². The van der Waals surface area contributed by atoms with Crippen LogP contribution in [0, 0.1) is 11.6 Å². The summed E-state index contributed by atoms with van der Waals surface area (Å²) in [5.74, 6) is -1.65. The Hall–Kier alpha value is -4.28. The van der Waals surface area contributed by atoms with Crippen LogP contribution in [-0.2, 0) is 17.1 Å². The summed E-state index contributed by atoms with van der Waals surface area (Å²) in [6, 6.07) is 21.0. The Bertz CT molecular complexity index is 1730. The average molecular weight is 553 g/mol. The summed E-state index contributed by atoms with van der Waals surface area (Å²) in [5, 5.41) is 4.09. The van der Waals surface area contributed by atoms with Crippen LogP contribution >= 0.6 is 11.6 Å². The van der Waals surface area contributed by atoms with E-state index >= 15 is 4.39 Å². The minimum absolute atomic E-state index is 0.0843. The number of nitrogens with one attached hydrogen (secondary N) is 1. The number of rotatable bonds is 7. The van der Waals surface area contributed by atoms with Gasteiger partial charge in [-0.25, -0.2) is 22.2 Å². The molecule has 0 aliphatic rings.